The molecule has 0 radical (unpaired) electrons. The van der Waals surface area contributed by atoms with Gasteiger partial charge in [0, 0.05) is 49.7 Å². The van der Waals surface area contributed by atoms with Crippen molar-refractivity contribution in [1.82, 2.24) is 34.3 Å². The molecule has 1 saturated heterocycles. The lowest BCUT2D eigenvalue weighted by atomic mass is 10.1. The number of fused-ring (bicyclic) bond motifs is 1. The third-order valence-corrected chi connectivity index (χ3v) is 6.69. The van der Waals surface area contributed by atoms with E-state index >= 15 is 0 Å². The fourth-order valence-corrected chi connectivity index (χ4v) is 4.71. The van der Waals surface area contributed by atoms with E-state index in [1.165, 1.54) is 0 Å². The van der Waals surface area contributed by atoms with Crippen LogP contribution in [0.5, 0.6) is 0 Å². The van der Waals surface area contributed by atoms with Gasteiger partial charge in [0.05, 0.1) is 17.0 Å². The number of aromatic nitrogens is 5. The van der Waals surface area contributed by atoms with Gasteiger partial charge in [-0.05, 0) is 33.0 Å². The molecule has 166 valence electrons. The normalized spacial score (nSPS) is 15.6. The van der Waals surface area contributed by atoms with Crippen LogP contribution in [0.2, 0.25) is 5.02 Å². The lowest BCUT2D eigenvalue weighted by molar-refractivity contribution is 0.149. The lowest BCUT2D eigenvalue weighted by Crippen LogP contribution is -2.45. The zero-order valence-corrected chi connectivity index (χ0v) is 19.5. The molecule has 1 fully saturated rings. The van der Waals surface area contributed by atoms with Crippen molar-refractivity contribution in [2.24, 2.45) is 0 Å². The number of piperazine rings is 1. The quantitative estimate of drug-likeness (QED) is 0.464. The van der Waals surface area contributed by atoms with Gasteiger partial charge in [0.25, 0.3) is 0 Å². The van der Waals surface area contributed by atoms with Crippen molar-refractivity contribution in [2.45, 2.75) is 20.4 Å². The van der Waals surface area contributed by atoms with Crippen LogP contribution in [0, 0.1) is 13.8 Å². The van der Waals surface area contributed by atoms with Crippen molar-refractivity contribution in [3.63, 3.8) is 0 Å². The van der Waals surface area contributed by atoms with Crippen molar-refractivity contribution in [1.29, 1.82) is 0 Å². The Morgan fingerprint density at radius 3 is 2.25 bits per heavy atom. The fourth-order valence-electron chi connectivity index (χ4n) is 4.41. The molecule has 5 rings (SSSR count). The molecular formula is C24H28ClN7. The van der Waals surface area contributed by atoms with Crippen LogP contribution in [0.25, 0.3) is 28.1 Å². The summed E-state index contributed by atoms with van der Waals surface area (Å²) in [6, 6.07) is 14.3. The molecule has 0 saturated carbocycles. The summed E-state index contributed by atoms with van der Waals surface area (Å²) < 4.78 is 4.01. The number of hydrogen-bond acceptors (Lipinski definition) is 5. The summed E-state index contributed by atoms with van der Waals surface area (Å²) in [7, 11) is 2.17. The van der Waals surface area contributed by atoms with E-state index in [-0.39, 0.29) is 0 Å². The minimum Gasteiger partial charge on any atom is -0.304 e. The summed E-state index contributed by atoms with van der Waals surface area (Å²) in [5, 5.41) is 15.6. The third kappa shape index (κ3) is 3.81. The maximum atomic E-state index is 7.02. The minimum atomic E-state index is 0.585. The molecule has 1 aromatic carbocycles. The predicted molar refractivity (Wildman–Crippen MR) is 129 cm³/mol. The van der Waals surface area contributed by atoms with E-state index in [0.29, 0.717) is 10.8 Å². The molecular weight excluding hydrogens is 422 g/mol. The first-order valence-corrected chi connectivity index (χ1v) is 11.4. The molecule has 7 nitrogen and oxygen atoms in total. The molecule has 0 unspecified atom stereocenters. The molecule has 0 amide bonds. The summed E-state index contributed by atoms with van der Waals surface area (Å²) in [5.74, 6) is 0.648. The predicted octanol–water partition coefficient (Wildman–Crippen LogP) is 3.80. The number of hydrogen-bond donors (Lipinski definition) is 0. The van der Waals surface area contributed by atoms with Gasteiger partial charge in [-0.25, -0.2) is 4.68 Å². The number of nitrogens with zero attached hydrogens (tertiary/aromatic N) is 7. The van der Waals surface area contributed by atoms with Crippen LogP contribution in [0.1, 0.15) is 11.4 Å². The van der Waals surface area contributed by atoms with E-state index in [9.17, 15) is 0 Å². The molecule has 32 heavy (non-hydrogen) atoms. The average Bonchev–Trinajstić information content (AvgIpc) is 3.35. The smallest absolute Gasteiger partial charge is 0.182 e. The maximum absolute atomic E-state index is 7.02. The Labute approximate surface area is 193 Å². The van der Waals surface area contributed by atoms with Crippen LogP contribution >= 0.6 is 11.6 Å². The highest BCUT2D eigenvalue weighted by atomic mass is 35.5. The second-order valence-electron chi connectivity index (χ2n) is 8.57. The number of halogens is 1. The Balaban J connectivity index is 1.59. The van der Waals surface area contributed by atoms with E-state index in [1.807, 2.05) is 41.3 Å². The molecule has 4 aromatic rings. The highest BCUT2D eigenvalue weighted by Crippen LogP contribution is 2.35. The van der Waals surface area contributed by atoms with Crippen molar-refractivity contribution in [3.05, 3.63) is 58.9 Å². The van der Waals surface area contributed by atoms with Crippen LogP contribution in [0.15, 0.2) is 42.5 Å². The molecule has 1 aliphatic heterocycles. The van der Waals surface area contributed by atoms with Gasteiger partial charge in [0.15, 0.2) is 11.5 Å². The highest BCUT2D eigenvalue weighted by molar-refractivity contribution is 6.37. The molecule has 4 heterocycles. The number of aryl methyl sites for hydroxylation is 2. The Bertz CT molecular complexity index is 1220. The summed E-state index contributed by atoms with van der Waals surface area (Å²) in [4.78, 5) is 4.84. The molecule has 0 atom stereocenters. The minimum absolute atomic E-state index is 0.585. The first-order chi connectivity index (χ1) is 15.5. The molecule has 8 heteroatoms. The topological polar surface area (TPSA) is 55.0 Å². The van der Waals surface area contributed by atoms with Gasteiger partial charge in [0.2, 0.25) is 0 Å². The maximum Gasteiger partial charge on any atom is 0.182 e. The van der Waals surface area contributed by atoms with E-state index in [1.54, 1.807) is 0 Å². The van der Waals surface area contributed by atoms with Gasteiger partial charge in [-0.15, -0.1) is 10.2 Å². The van der Waals surface area contributed by atoms with Gasteiger partial charge in [-0.1, -0.05) is 41.9 Å². The molecule has 0 spiro atoms. The van der Waals surface area contributed by atoms with Gasteiger partial charge in [-0.2, -0.15) is 5.10 Å². The summed E-state index contributed by atoms with van der Waals surface area (Å²) in [6.45, 7) is 10.1. The monoisotopic (exact) mass is 449 g/mol. The standard InChI is InChI=1S/C24H28ClN7/c1-17-9-10-18(2)32(17)24-21(25)20-22(19-7-5-4-6-8-19)28-31(23(20)26-27-24)16-15-30-13-11-29(3)12-14-30/h4-10H,11-16H2,1-3H3. The van der Waals surface area contributed by atoms with Crippen LogP contribution in [-0.4, -0.2) is 74.1 Å². The van der Waals surface area contributed by atoms with E-state index in [4.69, 9.17) is 16.7 Å². The zero-order chi connectivity index (χ0) is 22.2. The van der Waals surface area contributed by atoms with Crippen molar-refractivity contribution < 1.29 is 0 Å². The van der Waals surface area contributed by atoms with Crippen LogP contribution in [0.3, 0.4) is 0 Å². The Morgan fingerprint density at radius 1 is 0.875 bits per heavy atom. The molecule has 0 aliphatic carbocycles. The van der Waals surface area contributed by atoms with Crippen LogP contribution in [0.4, 0.5) is 0 Å². The van der Waals surface area contributed by atoms with Crippen LogP contribution < -0.4 is 0 Å². The first kappa shape index (κ1) is 21.1. The van der Waals surface area contributed by atoms with Crippen molar-refractivity contribution >= 4 is 22.6 Å². The second kappa shape index (κ2) is 8.65. The van der Waals surface area contributed by atoms with Crippen LogP contribution in [-0.2, 0) is 6.54 Å². The van der Waals surface area contributed by atoms with Gasteiger partial charge >= 0.3 is 0 Å². The summed E-state index contributed by atoms with van der Waals surface area (Å²) >= 11 is 7.02. The third-order valence-electron chi connectivity index (χ3n) is 6.33. The zero-order valence-electron chi connectivity index (χ0n) is 18.8. The number of likely N-dealkylation sites (N-methyl/N-ethyl adjacent to an activating group) is 1. The summed E-state index contributed by atoms with van der Waals surface area (Å²) in [5.41, 5.74) is 4.75. The van der Waals surface area contributed by atoms with Crippen molar-refractivity contribution in [2.75, 3.05) is 39.8 Å². The fraction of sp³-hybridized carbons (Fsp3) is 0.375. The largest absolute Gasteiger partial charge is 0.304 e. The Hall–Kier alpha value is -2.74. The second-order valence-corrected chi connectivity index (χ2v) is 8.95. The molecule has 1 aliphatic rings. The average molecular weight is 450 g/mol. The lowest BCUT2D eigenvalue weighted by Gasteiger charge is -2.32. The van der Waals surface area contributed by atoms with Gasteiger partial charge in [-0.3, -0.25) is 4.90 Å². The Kier molecular flexibility index (Phi) is 5.71. The molecule has 0 bridgehead atoms. The molecule has 3 aromatic heterocycles. The summed E-state index contributed by atoms with van der Waals surface area (Å²) in [6.07, 6.45) is 0. The number of rotatable bonds is 5. The molecule has 0 N–H and O–H groups in total. The van der Waals surface area contributed by atoms with E-state index < -0.39 is 0 Å². The highest BCUT2D eigenvalue weighted by Gasteiger charge is 2.23. The Morgan fingerprint density at radius 2 is 1.56 bits per heavy atom. The first-order valence-electron chi connectivity index (χ1n) is 11.1. The number of benzene rings is 1. The SMILES string of the molecule is Cc1ccc(C)n1-c1nnc2c(c(-c3ccccc3)nn2CCN2CCN(C)CC2)c1Cl. The van der Waals surface area contributed by atoms with Gasteiger partial charge < -0.3 is 9.47 Å². The van der Waals surface area contributed by atoms with Gasteiger partial charge in [0.1, 0.15) is 5.69 Å². The van der Waals surface area contributed by atoms with E-state index in [2.05, 4.69) is 51.3 Å². The van der Waals surface area contributed by atoms with E-state index in [0.717, 1.165) is 72.9 Å². The van der Waals surface area contributed by atoms with Crippen molar-refractivity contribution in [3.8, 4) is 17.1 Å².